The van der Waals surface area contributed by atoms with Crippen LogP contribution in [0.2, 0.25) is 5.02 Å². The Kier molecular flexibility index (Phi) is 5.59. The zero-order valence-corrected chi connectivity index (χ0v) is 16.1. The lowest BCUT2D eigenvalue weighted by Crippen LogP contribution is -2.16. The lowest BCUT2D eigenvalue weighted by Gasteiger charge is -2.06. The van der Waals surface area contributed by atoms with Crippen LogP contribution in [0.1, 0.15) is 21.7 Å². The normalized spacial score (nSPS) is 11.1. The van der Waals surface area contributed by atoms with Gasteiger partial charge in [-0.15, -0.1) is 0 Å². The minimum absolute atomic E-state index is 0.217. The third-order valence-corrected chi connectivity index (χ3v) is 4.48. The molecule has 0 radical (unpaired) electrons. The first-order chi connectivity index (χ1) is 14.2. The molecule has 1 N–H and O–H groups in total. The van der Waals surface area contributed by atoms with Gasteiger partial charge in [0.25, 0.3) is 0 Å². The van der Waals surface area contributed by atoms with Crippen LogP contribution >= 0.6 is 11.6 Å². The van der Waals surface area contributed by atoms with Crippen molar-refractivity contribution in [1.82, 2.24) is 5.43 Å². The van der Waals surface area contributed by atoms with Gasteiger partial charge in [0.2, 0.25) is 0 Å². The van der Waals surface area contributed by atoms with Crippen molar-refractivity contribution in [2.45, 2.75) is 6.61 Å². The highest BCUT2D eigenvalue weighted by Crippen LogP contribution is 2.18. The quantitative estimate of drug-likeness (QED) is 0.344. The van der Waals surface area contributed by atoms with Crippen LogP contribution in [0, 0.1) is 0 Å². The second-order valence-corrected chi connectivity index (χ2v) is 6.77. The molecule has 5 nitrogen and oxygen atoms in total. The Bertz CT molecular complexity index is 1120. The molecule has 0 unspecified atom stereocenters. The summed E-state index contributed by atoms with van der Waals surface area (Å²) in [5.74, 6) is 0.554. The molecule has 1 heterocycles. The summed E-state index contributed by atoms with van der Waals surface area (Å²) in [4.78, 5) is 12.2. The SMILES string of the molecule is O=C(N/N=C/c1ccc(OCc2ccc(Cl)cc2)cc1)c1cc2ccccc2o1. The number of carbonyl (C=O) groups excluding carboxylic acids is 1. The highest BCUT2D eigenvalue weighted by atomic mass is 35.5. The number of halogens is 1. The van der Waals surface area contributed by atoms with Gasteiger partial charge in [0.1, 0.15) is 17.9 Å². The topological polar surface area (TPSA) is 63.8 Å². The van der Waals surface area contributed by atoms with E-state index in [0.29, 0.717) is 17.2 Å². The fourth-order valence-corrected chi connectivity index (χ4v) is 2.84. The maximum absolute atomic E-state index is 12.2. The van der Waals surface area contributed by atoms with E-state index in [1.165, 1.54) is 0 Å². The van der Waals surface area contributed by atoms with E-state index < -0.39 is 5.91 Å². The molecule has 4 rings (SSSR count). The number of amides is 1. The summed E-state index contributed by atoms with van der Waals surface area (Å²) in [6, 6.07) is 24.0. The predicted octanol–water partition coefficient (Wildman–Crippen LogP) is 5.43. The first kappa shape index (κ1) is 18.8. The van der Waals surface area contributed by atoms with Crippen molar-refractivity contribution in [3.63, 3.8) is 0 Å². The summed E-state index contributed by atoms with van der Waals surface area (Å²) in [6.07, 6.45) is 1.56. The van der Waals surface area contributed by atoms with E-state index in [1.807, 2.05) is 72.8 Å². The third-order valence-electron chi connectivity index (χ3n) is 4.23. The molecule has 0 saturated heterocycles. The minimum atomic E-state index is -0.402. The van der Waals surface area contributed by atoms with E-state index in [1.54, 1.807) is 12.3 Å². The molecule has 0 aliphatic carbocycles. The van der Waals surface area contributed by atoms with Crippen LogP contribution < -0.4 is 10.2 Å². The largest absolute Gasteiger partial charge is 0.489 e. The number of fused-ring (bicyclic) bond motifs is 1. The van der Waals surface area contributed by atoms with E-state index in [2.05, 4.69) is 10.5 Å². The lowest BCUT2D eigenvalue weighted by molar-refractivity contribution is 0.0929. The number of hydrogen-bond donors (Lipinski definition) is 1. The molecule has 4 aromatic rings. The van der Waals surface area contributed by atoms with Crippen LogP contribution in [0.25, 0.3) is 11.0 Å². The van der Waals surface area contributed by atoms with E-state index >= 15 is 0 Å². The van der Waals surface area contributed by atoms with E-state index in [4.69, 9.17) is 20.8 Å². The molecular weight excluding hydrogens is 388 g/mol. The summed E-state index contributed by atoms with van der Waals surface area (Å²) in [7, 11) is 0. The van der Waals surface area contributed by atoms with Gasteiger partial charge in [-0.1, -0.05) is 41.9 Å². The number of furan rings is 1. The number of para-hydroxylation sites is 1. The van der Waals surface area contributed by atoms with Crippen molar-refractivity contribution in [1.29, 1.82) is 0 Å². The van der Waals surface area contributed by atoms with E-state index in [-0.39, 0.29) is 5.76 Å². The molecule has 6 heteroatoms. The van der Waals surface area contributed by atoms with Gasteiger partial charge in [-0.3, -0.25) is 4.79 Å². The Balaban J connectivity index is 1.31. The number of rotatable bonds is 6. The van der Waals surface area contributed by atoms with Crippen molar-refractivity contribution in [2.75, 3.05) is 0 Å². The van der Waals surface area contributed by atoms with Crippen LogP contribution in [0.3, 0.4) is 0 Å². The Morgan fingerprint density at radius 3 is 2.55 bits per heavy atom. The van der Waals surface area contributed by atoms with Crippen molar-refractivity contribution in [3.05, 3.63) is 101 Å². The van der Waals surface area contributed by atoms with Gasteiger partial charge in [0.05, 0.1) is 6.21 Å². The van der Waals surface area contributed by atoms with Gasteiger partial charge in [0, 0.05) is 10.4 Å². The zero-order valence-electron chi connectivity index (χ0n) is 15.3. The summed E-state index contributed by atoms with van der Waals surface area (Å²) < 4.78 is 11.3. The summed E-state index contributed by atoms with van der Waals surface area (Å²) in [6.45, 7) is 0.457. The van der Waals surface area contributed by atoms with Crippen LogP contribution in [0.15, 0.2) is 88.4 Å². The zero-order chi connectivity index (χ0) is 20.1. The molecule has 0 saturated carbocycles. The van der Waals surface area contributed by atoms with Gasteiger partial charge in [0.15, 0.2) is 5.76 Å². The van der Waals surface area contributed by atoms with Crippen molar-refractivity contribution >= 4 is 34.7 Å². The molecule has 0 aliphatic rings. The second-order valence-electron chi connectivity index (χ2n) is 6.33. The Hall–Kier alpha value is -3.57. The predicted molar refractivity (Wildman–Crippen MR) is 114 cm³/mol. The van der Waals surface area contributed by atoms with Crippen LogP contribution in [-0.2, 0) is 6.61 Å². The first-order valence-electron chi connectivity index (χ1n) is 8.97. The van der Waals surface area contributed by atoms with Crippen LogP contribution in [-0.4, -0.2) is 12.1 Å². The van der Waals surface area contributed by atoms with E-state index in [9.17, 15) is 4.79 Å². The highest BCUT2D eigenvalue weighted by Gasteiger charge is 2.10. The minimum Gasteiger partial charge on any atom is -0.489 e. The molecule has 144 valence electrons. The molecular formula is C23H17ClN2O3. The molecule has 29 heavy (non-hydrogen) atoms. The molecule has 1 amide bonds. The monoisotopic (exact) mass is 404 g/mol. The maximum atomic E-state index is 12.2. The number of hydrazone groups is 1. The van der Waals surface area contributed by atoms with Crippen LogP contribution in [0.4, 0.5) is 0 Å². The van der Waals surface area contributed by atoms with Gasteiger partial charge < -0.3 is 9.15 Å². The van der Waals surface area contributed by atoms with Crippen molar-refractivity contribution in [3.8, 4) is 5.75 Å². The first-order valence-corrected chi connectivity index (χ1v) is 9.34. The van der Waals surface area contributed by atoms with Gasteiger partial charge in [-0.2, -0.15) is 5.10 Å². The van der Waals surface area contributed by atoms with Crippen molar-refractivity contribution in [2.24, 2.45) is 5.10 Å². The average Bonchev–Trinajstić information content (AvgIpc) is 3.19. The summed E-state index contributed by atoms with van der Waals surface area (Å²) in [5, 5.41) is 5.55. The smallest absolute Gasteiger partial charge is 0.307 e. The average molecular weight is 405 g/mol. The van der Waals surface area contributed by atoms with Gasteiger partial charge in [-0.05, 0) is 59.7 Å². The number of hydrogen-bond acceptors (Lipinski definition) is 4. The van der Waals surface area contributed by atoms with Gasteiger partial charge in [-0.25, -0.2) is 5.43 Å². The number of nitrogens with one attached hydrogen (secondary N) is 1. The molecule has 0 fully saturated rings. The lowest BCUT2D eigenvalue weighted by atomic mass is 10.2. The number of benzene rings is 3. The molecule has 0 aliphatic heterocycles. The van der Waals surface area contributed by atoms with E-state index in [0.717, 1.165) is 22.3 Å². The Labute approximate surface area is 172 Å². The fraction of sp³-hybridized carbons (Fsp3) is 0.0435. The Morgan fingerprint density at radius 2 is 1.79 bits per heavy atom. The highest BCUT2D eigenvalue weighted by molar-refractivity contribution is 6.30. The molecule has 0 bridgehead atoms. The fourth-order valence-electron chi connectivity index (χ4n) is 2.71. The molecule has 1 aromatic heterocycles. The van der Waals surface area contributed by atoms with Crippen LogP contribution in [0.5, 0.6) is 5.75 Å². The number of nitrogens with zero attached hydrogens (tertiary/aromatic N) is 1. The summed E-state index contributed by atoms with van der Waals surface area (Å²) in [5.41, 5.74) is 4.99. The molecule has 0 atom stereocenters. The molecule has 3 aromatic carbocycles. The third kappa shape index (κ3) is 4.83. The Morgan fingerprint density at radius 1 is 1.03 bits per heavy atom. The number of carbonyl (C=O) groups is 1. The molecule has 0 spiro atoms. The number of ether oxygens (including phenoxy) is 1. The van der Waals surface area contributed by atoms with Crippen molar-refractivity contribution < 1.29 is 13.9 Å². The maximum Gasteiger partial charge on any atom is 0.307 e. The van der Waals surface area contributed by atoms with Gasteiger partial charge >= 0.3 is 5.91 Å². The standard InChI is InChI=1S/C23H17ClN2O3/c24-19-9-5-17(6-10-19)15-28-20-11-7-16(8-12-20)14-25-26-23(27)22-13-18-3-1-2-4-21(18)29-22/h1-14H,15H2,(H,26,27)/b25-14+. The summed E-state index contributed by atoms with van der Waals surface area (Å²) >= 11 is 5.88. The second kappa shape index (κ2) is 8.63.